The van der Waals surface area contributed by atoms with Crippen molar-refractivity contribution in [2.45, 2.75) is 58.5 Å². The molecular formula is C48H42Br4N6O10. The number of nitrogens with zero attached hydrogens (tertiary/aromatic N) is 6. The standard InChI is InChI=1S/C24H21Br2N3O5.C15H8Br2N2O3.C9H13NO2/c1-23(2,3)34-22(32)27-14-4-5-19(27)24(33)20(30)28(17-10-6-15(25)7-11-17)21(31)29(24)18-12-8-16(26)9-13-18;16-9-1-5-11(6-2-9)18-13(20)14(21)19(15(18)22)12-7-3-10(17)4-8-12;1-9(2,3)12-8(11)10-6-4-5-7-10/h4-14,33H,1-3H3;1-8H;4-7H,1-3H3. The molecule has 0 radical (unpaired) electrons. The highest BCUT2D eigenvalue weighted by molar-refractivity contribution is 9.11. The normalized spacial score (nSPS) is 16.1. The summed E-state index contributed by atoms with van der Waals surface area (Å²) >= 11 is 13.2. The van der Waals surface area contributed by atoms with Crippen LogP contribution in [0.25, 0.3) is 0 Å². The highest BCUT2D eigenvalue weighted by Crippen LogP contribution is 2.42. The van der Waals surface area contributed by atoms with Gasteiger partial charge in [-0.25, -0.2) is 33.9 Å². The first-order valence-corrected chi connectivity index (χ1v) is 23.5. The van der Waals surface area contributed by atoms with Crippen LogP contribution in [0.4, 0.5) is 41.9 Å². The lowest BCUT2D eigenvalue weighted by Gasteiger charge is -2.31. The topological polar surface area (TPSA) is 181 Å². The minimum Gasteiger partial charge on any atom is -0.443 e. The van der Waals surface area contributed by atoms with E-state index in [9.17, 15) is 38.7 Å². The minimum absolute atomic E-state index is 0.123. The van der Waals surface area contributed by atoms with Crippen molar-refractivity contribution in [3.63, 3.8) is 0 Å². The third-order valence-corrected chi connectivity index (χ3v) is 11.5. The van der Waals surface area contributed by atoms with Crippen molar-refractivity contribution in [3.8, 4) is 0 Å². The summed E-state index contributed by atoms with van der Waals surface area (Å²) in [7, 11) is 0. The van der Waals surface area contributed by atoms with E-state index in [0.29, 0.717) is 11.4 Å². The number of aliphatic hydroxyl groups is 1. The zero-order chi connectivity index (χ0) is 49.9. The third kappa shape index (κ3) is 11.4. The monoisotopic (exact) mass is 1180 g/mol. The number of amides is 7. The average molecular weight is 1180 g/mol. The number of ether oxygens (including phenoxy) is 2. The number of anilines is 4. The highest BCUT2D eigenvalue weighted by Gasteiger charge is 2.61. The van der Waals surface area contributed by atoms with Gasteiger partial charge >= 0.3 is 36.1 Å². The average Bonchev–Trinajstić information content (AvgIpc) is 4.07. The van der Waals surface area contributed by atoms with E-state index in [-0.39, 0.29) is 23.2 Å². The Morgan fingerprint density at radius 2 is 0.853 bits per heavy atom. The first kappa shape index (κ1) is 51.2. The molecule has 68 heavy (non-hydrogen) atoms. The molecule has 0 bridgehead atoms. The quantitative estimate of drug-likeness (QED) is 0.129. The Labute approximate surface area is 424 Å². The fraction of sp³-hybridized carbons (Fsp3) is 0.188. The van der Waals surface area contributed by atoms with Gasteiger partial charge in [0.05, 0.1) is 22.8 Å². The zero-order valence-electron chi connectivity index (χ0n) is 37.1. The molecule has 8 rings (SSSR count). The van der Waals surface area contributed by atoms with Crippen LogP contribution in [-0.2, 0) is 29.6 Å². The molecule has 1 unspecified atom stereocenters. The Balaban J connectivity index is 0.000000190. The van der Waals surface area contributed by atoms with Gasteiger partial charge in [0.2, 0.25) is 0 Å². The highest BCUT2D eigenvalue weighted by atomic mass is 79.9. The van der Waals surface area contributed by atoms with Crippen molar-refractivity contribution >= 4 is 128 Å². The Kier molecular flexibility index (Phi) is 15.5. The summed E-state index contributed by atoms with van der Waals surface area (Å²) in [5.41, 5.74) is -2.64. The van der Waals surface area contributed by atoms with Crippen LogP contribution in [0, 0.1) is 0 Å². The number of urea groups is 2. The number of aromatic nitrogens is 2. The van der Waals surface area contributed by atoms with E-state index in [4.69, 9.17) is 9.47 Å². The largest absolute Gasteiger partial charge is 0.443 e. The molecule has 0 saturated carbocycles. The minimum atomic E-state index is -2.52. The molecule has 0 aliphatic carbocycles. The number of hydrogen-bond acceptors (Lipinski definition) is 10. The maximum absolute atomic E-state index is 13.8. The lowest BCUT2D eigenvalue weighted by Crippen LogP contribution is -2.49. The summed E-state index contributed by atoms with van der Waals surface area (Å²) in [6.07, 6.45) is 3.56. The van der Waals surface area contributed by atoms with E-state index in [1.807, 2.05) is 20.8 Å². The molecule has 20 heteroatoms. The lowest BCUT2D eigenvalue weighted by atomic mass is 10.1. The molecule has 352 valence electrons. The Morgan fingerprint density at radius 3 is 1.25 bits per heavy atom. The summed E-state index contributed by atoms with van der Waals surface area (Å²) in [4.78, 5) is 91.9. The number of carbonyl (C=O) groups excluding carboxylic acids is 7. The fourth-order valence-corrected chi connectivity index (χ4v) is 7.57. The van der Waals surface area contributed by atoms with Gasteiger partial charge in [-0.3, -0.25) is 28.4 Å². The van der Waals surface area contributed by atoms with Crippen LogP contribution in [0.1, 0.15) is 47.2 Å². The van der Waals surface area contributed by atoms with Crippen molar-refractivity contribution in [1.29, 1.82) is 0 Å². The molecule has 6 aromatic rings. The van der Waals surface area contributed by atoms with Gasteiger partial charge in [-0.05, 0) is 163 Å². The molecule has 2 aliphatic heterocycles. The fourth-order valence-electron chi connectivity index (χ4n) is 6.51. The lowest BCUT2D eigenvalue weighted by molar-refractivity contribution is -0.134. The predicted octanol–water partition coefficient (Wildman–Crippen LogP) is 11.6. The van der Waals surface area contributed by atoms with Crippen LogP contribution in [0.15, 0.2) is 158 Å². The smallest absolute Gasteiger partial charge is 0.418 e. The van der Waals surface area contributed by atoms with Gasteiger partial charge in [-0.2, -0.15) is 0 Å². The van der Waals surface area contributed by atoms with E-state index < -0.39 is 52.8 Å². The number of carbonyl (C=O) groups is 7. The number of hydrogen-bond donors (Lipinski definition) is 1. The van der Waals surface area contributed by atoms with Crippen molar-refractivity contribution < 1.29 is 48.1 Å². The Bertz CT molecular complexity index is 2790. The second kappa shape index (κ2) is 20.6. The molecule has 1 N–H and O–H groups in total. The van der Waals surface area contributed by atoms with Crippen molar-refractivity contribution in [2.75, 3.05) is 19.6 Å². The van der Waals surface area contributed by atoms with Gasteiger partial charge < -0.3 is 14.6 Å². The second-order valence-electron chi connectivity index (χ2n) is 16.7. The van der Waals surface area contributed by atoms with Gasteiger partial charge in [0.1, 0.15) is 11.2 Å². The van der Waals surface area contributed by atoms with Gasteiger partial charge in [-0.15, -0.1) is 0 Å². The molecular weight excluding hydrogens is 1140 g/mol. The van der Waals surface area contributed by atoms with Crippen LogP contribution in [0.2, 0.25) is 0 Å². The summed E-state index contributed by atoms with van der Waals surface area (Å²) in [5, 5.41) is 12.0. The van der Waals surface area contributed by atoms with E-state index in [2.05, 4.69) is 63.7 Å². The maximum Gasteiger partial charge on any atom is 0.418 e. The Morgan fingerprint density at radius 1 is 0.485 bits per heavy atom. The molecule has 2 aliphatic rings. The van der Waals surface area contributed by atoms with Crippen molar-refractivity contribution in [3.05, 3.63) is 164 Å². The van der Waals surface area contributed by atoms with Crippen LogP contribution in [0.5, 0.6) is 0 Å². The molecule has 0 spiro atoms. The van der Waals surface area contributed by atoms with E-state index >= 15 is 0 Å². The first-order chi connectivity index (χ1) is 31.9. The van der Waals surface area contributed by atoms with E-state index in [0.717, 1.165) is 42.1 Å². The number of rotatable bonds is 5. The summed E-state index contributed by atoms with van der Waals surface area (Å²) < 4.78 is 16.1. The Hall–Kier alpha value is -6.19. The summed E-state index contributed by atoms with van der Waals surface area (Å²) in [5.74, 6) is -2.66. The van der Waals surface area contributed by atoms with Gasteiger partial charge in [0, 0.05) is 42.2 Å². The van der Waals surface area contributed by atoms with E-state index in [1.54, 1.807) is 142 Å². The number of imide groups is 3. The van der Waals surface area contributed by atoms with Crippen molar-refractivity contribution in [2.24, 2.45) is 0 Å². The molecule has 4 aromatic carbocycles. The molecule has 7 amide bonds. The third-order valence-electron chi connectivity index (χ3n) is 9.42. The van der Waals surface area contributed by atoms with Crippen LogP contribution >= 0.6 is 63.7 Å². The SMILES string of the molecule is CC(C)(C)OC(=O)n1cccc1.CC(C)(C)OC(=O)n1cccc1C1(O)C(=O)N(c2ccc(Br)cc2)C(=O)N1c1ccc(Br)cc1.O=C1C(=O)N(c2ccc(Br)cc2)C(=O)N1c1ccc(Br)cc1. The zero-order valence-corrected chi connectivity index (χ0v) is 43.4. The molecule has 4 heterocycles. The molecule has 2 fully saturated rings. The van der Waals surface area contributed by atoms with Crippen molar-refractivity contribution in [1.82, 2.24) is 9.13 Å². The molecule has 1 atom stereocenters. The van der Waals surface area contributed by atoms with Gasteiger partial charge in [-0.1, -0.05) is 63.7 Å². The van der Waals surface area contributed by atoms with E-state index in [1.165, 1.54) is 22.9 Å². The molecule has 16 nitrogen and oxygen atoms in total. The molecule has 2 aromatic heterocycles. The van der Waals surface area contributed by atoms with Gasteiger partial charge in [0.15, 0.2) is 0 Å². The van der Waals surface area contributed by atoms with Crippen LogP contribution in [0.3, 0.4) is 0 Å². The number of benzene rings is 4. The molecule has 2 saturated heterocycles. The second-order valence-corrected chi connectivity index (χ2v) is 20.4. The van der Waals surface area contributed by atoms with Gasteiger partial charge in [0.25, 0.3) is 11.6 Å². The predicted molar refractivity (Wildman–Crippen MR) is 268 cm³/mol. The first-order valence-electron chi connectivity index (χ1n) is 20.3. The number of halogens is 4. The maximum atomic E-state index is 13.8. The summed E-state index contributed by atoms with van der Waals surface area (Å²) in [6.45, 7) is 10.6. The van der Waals surface area contributed by atoms with Crippen LogP contribution in [-0.4, -0.2) is 67.4 Å². The summed E-state index contributed by atoms with van der Waals surface area (Å²) in [6, 6.07) is 31.3. The van der Waals surface area contributed by atoms with Crippen LogP contribution < -0.4 is 19.6 Å².